The Morgan fingerprint density at radius 2 is 1.74 bits per heavy atom. The second kappa shape index (κ2) is 8.01. The zero-order valence-corrected chi connectivity index (χ0v) is 15.4. The molecule has 2 heterocycles. The van der Waals surface area contributed by atoms with Crippen molar-refractivity contribution in [1.29, 1.82) is 0 Å². The molecule has 0 saturated carbocycles. The quantitative estimate of drug-likeness (QED) is 0.612. The molecule has 9 heteroatoms. The predicted octanol–water partition coefficient (Wildman–Crippen LogP) is 3.96. The van der Waals surface area contributed by atoms with Crippen LogP contribution in [0.3, 0.4) is 0 Å². The first-order valence-electron chi connectivity index (χ1n) is 7.84. The van der Waals surface area contributed by atoms with E-state index in [0.29, 0.717) is 6.04 Å². The molecule has 27 heavy (non-hydrogen) atoms. The van der Waals surface area contributed by atoms with E-state index in [9.17, 15) is 13.2 Å². The Morgan fingerprint density at radius 3 is 2.30 bits per heavy atom. The van der Waals surface area contributed by atoms with Gasteiger partial charge < -0.3 is 9.47 Å². The number of likely N-dealkylation sites (N-methyl/N-ethyl adjacent to an activating group) is 1. The highest BCUT2D eigenvalue weighted by molar-refractivity contribution is 7.86. The first-order chi connectivity index (χ1) is 12.5. The Bertz CT molecular complexity index is 947. The number of nitrogens with zero attached hydrogens (tertiary/aromatic N) is 2. The van der Waals surface area contributed by atoms with Crippen molar-refractivity contribution in [2.75, 3.05) is 11.9 Å². The van der Waals surface area contributed by atoms with Gasteiger partial charge in [0, 0.05) is 31.7 Å². The van der Waals surface area contributed by atoms with Crippen LogP contribution in [0.5, 0.6) is 0 Å². The molecule has 0 spiro atoms. The monoisotopic (exact) mass is 400 g/mol. The number of benzene rings is 1. The van der Waals surface area contributed by atoms with Gasteiger partial charge in [-0.1, -0.05) is 36.4 Å². The molecule has 1 N–H and O–H groups in total. The van der Waals surface area contributed by atoms with E-state index in [1.165, 1.54) is 16.9 Å². The fourth-order valence-corrected chi connectivity index (χ4v) is 2.48. The van der Waals surface area contributed by atoms with Crippen LogP contribution >= 0.6 is 0 Å². The molecule has 0 fully saturated rings. The zero-order valence-electron chi connectivity index (χ0n) is 14.6. The molecule has 0 radical (unpaired) electrons. The van der Waals surface area contributed by atoms with Crippen molar-refractivity contribution in [3.05, 3.63) is 66.0 Å². The van der Waals surface area contributed by atoms with Crippen molar-refractivity contribution in [1.82, 2.24) is 4.57 Å². The van der Waals surface area contributed by atoms with E-state index >= 15 is 0 Å². The lowest BCUT2D eigenvalue weighted by Gasteiger charge is -2.30. The standard InChI is InChI=1S/C17H18N2.CHF3O3S/c1-18-13-5-7-15(18)11-12-16-10-9-14-6-3-4-8-17(14)19(16)2;2-1(3,4)8(5,6)7/h3-13,16H,1-2H3;(H,5,6,7). The summed E-state index contributed by atoms with van der Waals surface area (Å²) in [7, 11) is -1.63. The third-order valence-corrected chi connectivity index (χ3v) is 4.56. The molecular weight excluding hydrogens is 381 g/mol. The number of anilines is 1. The minimum atomic E-state index is -5.84. The summed E-state index contributed by atoms with van der Waals surface area (Å²) in [6.45, 7) is 0. The average Bonchev–Trinajstić information content (AvgIpc) is 2.98. The lowest BCUT2D eigenvalue weighted by Crippen LogP contribution is -2.30. The molecular formula is C18H19F3N2O3S. The number of hydrogen-bond acceptors (Lipinski definition) is 3. The summed E-state index contributed by atoms with van der Waals surface area (Å²) in [6.07, 6.45) is 10.9. The van der Waals surface area contributed by atoms with Gasteiger partial charge in [-0.15, -0.1) is 0 Å². The van der Waals surface area contributed by atoms with Crippen LogP contribution in [-0.2, 0) is 17.2 Å². The van der Waals surface area contributed by atoms with E-state index in [1.54, 1.807) is 0 Å². The number of halogens is 3. The highest BCUT2D eigenvalue weighted by atomic mass is 32.2. The normalized spacial score (nSPS) is 16.8. The van der Waals surface area contributed by atoms with Gasteiger partial charge >= 0.3 is 15.6 Å². The number of alkyl halides is 3. The molecule has 0 aliphatic carbocycles. The van der Waals surface area contributed by atoms with Gasteiger partial charge in [-0.2, -0.15) is 21.6 Å². The maximum atomic E-state index is 10.7. The van der Waals surface area contributed by atoms with Crippen LogP contribution in [0.2, 0.25) is 0 Å². The van der Waals surface area contributed by atoms with Crippen LogP contribution in [0.15, 0.2) is 54.7 Å². The smallest absolute Gasteiger partial charge is 0.364 e. The Hall–Kier alpha value is -2.52. The topological polar surface area (TPSA) is 62.5 Å². The largest absolute Gasteiger partial charge is 0.522 e. The second-order valence-electron chi connectivity index (χ2n) is 5.84. The molecule has 5 nitrogen and oxygen atoms in total. The predicted molar refractivity (Wildman–Crippen MR) is 99.7 cm³/mol. The van der Waals surface area contributed by atoms with Crippen molar-refractivity contribution in [2.24, 2.45) is 7.05 Å². The number of hydrogen-bond donors (Lipinski definition) is 1. The van der Waals surface area contributed by atoms with E-state index in [4.69, 9.17) is 13.0 Å². The van der Waals surface area contributed by atoms with Gasteiger partial charge in [0.2, 0.25) is 0 Å². The summed E-state index contributed by atoms with van der Waals surface area (Å²) in [4.78, 5) is 2.30. The number of rotatable bonds is 2. The Morgan fingerprint density at radius 1 is 1.11 bits per heavy atom. The van der Waals surface area contributed by atoms with Crippen LogP contribution < -0.4 is 4.90 Å². The molecule has 0 bridgehead atoms. The Labute approximate surface area is 155 Å². The van der Waals surface area contributed by atoms with Crippen molar-refractivity contribution >= 4 is 28.0 Å². The van der Waals surface area contributed by atoms with Gasteiger partial charge in [0.1, 0.15) is 0 Å². The van der Waals surface area contributed by atoms with E-state index in [2.05, 4.69) is 90.5 Å². The number of aryl methyl sites for hydroxylation is 1. The first-order valence-corrected chi connectivity index (χ1v) is 9.28. The second-order valence-corrected chi connectivity index (χ2v) is 7.26. The number of para-hydroxylation sites is 1. The molecule has 2 aromatic rings. The maximum absolute atomic E-state index is 10.7. The van der Waals surface area contributed by atoms with Gasteiger partial charge in [-0.25, -0.2) is 0 Å². The molecule has 146 valence electrons. The maximum Gasteiger partial charge on any atom is 0.522 e. The molecule has 3 rings (SSSR count). The highest BCUT2D eigenvalue weighted by Gasteiger charge is 2.44. The minimum absolute atomic E-state index is 0.310. The van der Waals surface area contributed by atoms with Crippen LogP contribution in [0.1, 0.15) is 11.3 Å². The zero-order chi connectivity index (χ0) is 20.2. The van der Waals surface area contributed by atoms with Gasteiger partial charge in [0.25, 0.3) is 0 Å². The van der Waals surface area contributed by atoms with Crippen LogP contribution in [-0.4, -0.2) is 36.1 Å². The average molecular weight is 400 g/mol. The van der Waals surface area contributed by atoms with E-state index < -0.39 is 15.6 Å². The van der Waals surface area contributed by atoms with Crippen molar-refractivity contribution in [3.8, 4) is 0 Å². The SMILES string of the molecule is CN1c2ccccc2C=CC1C=Cc1cccn1C.O=S(=O)(O)C(F)(F)F. The molecule has 1 aromatic carbocycles. The summed E-state index contributed by atoms with van der Waals surface area (Å²) in [5.74, 6) is 0. The summed E-state index contributed by atoms with van der Waals surface area (Å²) in [6, 6.07) is 13.0. The minimum Gasteiger partial charge on any atom is -0.364 e. The molecule has 1 unspecified atom stereocenters. The number of fused-ring (bicyclic) bond motifs is 1. The molecule has 1 aliphatic heterocycles. The lowest BCUT2D eigenvalue weighted by molar-refractivity contribution is -0.0510. The van der Waals surface area contributed by atoms with Crippen molar-refractivity contribution in [3.63, 3.8) is 0 Å². The van der Waals surface area contributed by atoms with Crippen LogP contribution in [0, 0.1) is 0 Å². The van der Waals surface area contributed by atoms with Gasteiger partial charge in [0.15, 0.2) is 0 Å². The number of aromatic nitrogens is 1. The van der Waals surface area contributed by atoms with Gasteiger partial charge in [0.05, 0.1) is 6.04 Å². The molecule has 0 saturated heterocycles. The highest BCUT2D eigenvalue weighted by Crippen LogP contribution is 2.28. The summed E-state index contributed by atoms with van der Waals surface area (Å²) in [5.41, 5.74) is -1.74. The lowest BCUT2D eigenvalue weighted by atomic mass is 10.0. The third-order valence-electron chi connectivity index (χ3n) is 3.98. The summed E-state index contributed by atoms with van der Waals surface area (Å²) >= 11 is 0. The molecule has 1 aromatic heterocycles. The van der Waals surface area contributed by atoms with E-state index in [1.807, 2.05) is 0 Å². The molecule has 1 aliphatic rings. The third kappa shape index (κ3) is 5.24. The molecule has 0 amide bonds. The van der Waals surface area contributed by atoms with Crippen LogP contribution in [0.4, 0.5) is 18.9 Å². The molecule has 1 atom stereocenters. The van der Waals surface area contributed by atoms with E-state index in [-0.39, 0.29) is 0 Å². The van der Waals surface area contributed by atoms with Gasteiger partial charge in [-0.05, 0) is 29.8 Å². The first kappa shape index (κ1) is 20.8. The Balaban J connectivity index is 0.000000279. The van der Waals surface area contributed by atoms with Crippen molar-refractivity contribution in [2.45, 2.75) is 11.6 Å². The summed E-state index contributed by atoms with van der Waals surface area (Å²) < 4.78 is 59.7. The fourth-order valence-electron chi connectivity index (χ4n) is 2.48. The van der Waals surface area contributed by atoms with E-state index in [0.717, 1.165) is 0 Å². The Kier molecular flexibility index (Phi) is 6.17. The summed E-state index contributed by atoms with van der Waals surface area (Å²) in [5, 5.41) is 0. The van der Waals surface area contributed by atoms with Gasteiger partial charge in [-0.3, -0.25) is 4.55 Å². The van der Waals surface area contributed by atoms with Crippen LogP contribution in [0.25, 0.3) is 12.2 Å². The van der Waals surface area contributed by atoms with Crippen molar-refractivity contribution < 1.29 is 26.1 Å². The fraction of sp³-hybridized carbons (Fsp3) is 0.222.